The number of hydrogen-bond donors (Lipinski definition) is 2. The Morgan fingerprint density at radius 3 is 2.16 bits per heavy atom. The van der Waals surface area contributed by atoms with E-state index in [1.54, 1.807) is 32.9 Å². The first kappa shape index (κ1) is 38.0. The van der Waals surface area contributed by atoms with Gasteiger partial charge in [0.15, 0.2) is 0 Å². The van der Waals surface area contributed by atoms with E-state index in [1.807, 2.05) is 0 Å². The van der Waals surface area contributed by atoms with E-state index in [1.165, 1.54) is 32.3 Å². The molecule has 1 rings (SSSR count). The molecule has 0 heterocycles. The largest absolute Gasteiger partial charge is 0.500 e. The second kappa shape index (κ2) is 20.1. The number of amides is 3. The highest BCUT2D eigenvalue weighted by Gasteiger charge is 2.39. The van der Waals surface area contributed by atoms with E-state index in [0.717, 1.165) is 6.08 Å². The molecule has 1 aromatic rings. The highest BCUT2D eigenvalue weighted by Crippen LogP contribution is 2.23. The van der Waals surface area contributed by atoms with Crippen molar-refractivity contribution in [1.29, 1.82) is 0 Å². The van der Waals surface area contributed by atoms with E-state index in [-0.39, 0.29) is 38.7 Å². The van der Waals surface area contributed by atoms with Gasteiger partial charge in [-0.15, -0.1) is 0 Å². The van der Waals surface area contributed by atoms with Crippen molar-refractivity contribution in [1.82, 2.24) is 4.90 Å². The van der Waals surface area contributed by atoms with E-state index in [9.17, 15) is 24.0 Å². The molecule has 0 fully saturated rings. The molecule has 0 spiro atoms. The minimum absolute atomic E-state index is 0.000703. The van der Waals surface area contributed by atoms with Crippen LogP contribution in [0.4, 0.5) is 21.0 Å². The topological polar surface area (TPSA) is 177 Å². The average molecular weight is 642 g/mol. The van der Waals surface area contributed by atoms with Crippen LogP contribution in [0.1, 0.15) is 32.3 Å². The maximum absolute atomic E-state index is 13.7. The van der Waals surface area contributed by atoms with Gasteiger partial charge in [0.1, 0.15) is 19.3 Å². The summed E-state index contributed by atoms with van der Waals surface area (Å²) >= 11 is 0. The fourth-order valence-electron chi connectivity index (χ4n) is 3.87. The first-order valence-corrected chi connectivity index (χ1v) is 15.8. The maximum Gasteiger partial charge on any atom is 0.500 e. The molecule has 16 heteroatoms. The van der Waals surface area contributed by atoms with Gasteiger partial charge in [-0.25, -0.2) is 19.2 Å². The Hall–Kier alpha value is -3.99. The van der Waals surface area contributed by atoms with Crippen LogP contribution in [0.2, 0.25) is 6.04 Å². The SMILES string of the molecule is C=CC(=O)OCCOC(=O)Nc1ccc(C)c(NC(=O)N(CCC[Si](OC)(OC)OC)C(CC(=O)OCC)C(=O)OCC)c1. The van der Waals surface area contributed by atoms with Crippen molar-refractivity contribution in [2.24, 2.45) is 0 Å². The highest BCUT2D eigenvalue weighted by molar-refractivity contribution is 6.60. The fourth-order valence-corrected chi connectivity index (χ4v) is 5.57. The zero-order valence-corrected chi connectivity index (χ0v) is 27.1. The van der Waals surface area contributed by atoms with Crippen LogP contribution in [0.25, 0.3) is 0 Å². The van der Waals surface area contributed by atoms with E-state index >= 15 is 0 Å². The second-order valence-electron chi connectivity index (χ2n) is 8.96. The van der Waals surface area contributed by atoms with Crippen molar-refractivity contribution in [2.45, 2.75) is 45.7 Å². The van der Waals surface area contributed by atoms with Crippen LogP contribution in [0.3, 0.4) is 0 Å². The van der Waals surface area contributed by atoms with Crippen LogP contribution in [0.15, 0.2) is 30.9 Å². The van der Waals surface area contributed by atoms with Crippen molar-refractivity contribution in [3.8, 4) is 0 Å². The smallest absolute Gasteiger partial charge is 0.466 e. The number of ether oxygens (including phenoxy) is 4. The summed E-state index contributed by atoms with van der Waals surface area (Å²) in [7, 11) is 1.37. The summed E-state index contributed by atoms with van der Waals surface area (Å²) in [6, 6.07) is 3.03. The molecule has 3 amide bonds. The molecule has 2 N–H and O–H groups in total. The lowest BCUT2D eigenvalue weighted by molar-refractivity contribution is -0.155. The van der Waals surface area contributed by atoms with Crippen LogP contribution in [0.5, 0.6) is 0 Å². The van der Waals surface area contributed by atoms with Gasteiger partial charge in [-0.3, -0.25) is 10.1 Å². The third kappa shape index (κ3) is 12.7. The van der Waals surface area contributed by atoms with Crippen molar-refractivity contribution in [3.63, 3.8) is 0 Å². The molecule has 0 saturated heterocycles. The van der Waals surface area contributed by atoms with E-state index in [2.05, 4.69) is 17.2 Å². The zero-order chi connectivity index (χ0) is 33.1. The molecule has 1 unspecified atom stereocenters. The Morgan fingerprint density at radius 1 is 0.932 bits per heavy atom. The predicted molar refractivity (Wildman–Crippen MR) is 161 cm³/mol. The van der Waals surface area contributed by atoms with Gasteiger partial charge in [-0.05, 0) is 44.9 Å². The molecule has 0 aliphatic heterocycles. The summed E-state index contributed by atoms with van der Waals surface area (Å²) in [6.07, 6.45) is 0.0303. The minimum atomic E-state index is -3.01. The molecular weight excluding hydrogens is 598 g/mol. The number of esters is 3. The number of anilines is 2. The standard InChI is InChI=1S/C28H43N3O12Si/c1-8-24(32)42-15-16-43-28(36)29-21-13-12-20(4)22(18-21)30-27(35)31(14-11-17-44(37-5,38-6)39-7)23(26(34)41-10-3)19-25(33)40-9-2/h8,12-13,18,23H,1,9-11,14-17,19H2,2-7H3,(H,29,36)(H,30,35). The molecule has 246 valence electrons. The van der Waals surface area contributed by atoms with Crippen LogP contribution >= 0.6 is 0 Å². The first-order valence-electron chi connectivity index (χ1n) is 13.9. The molecule has 0 saturated carbocycles. The number of carbonyl (C=O) groups excluding carboxylic acids is 5. The molecule has 0 bridgehead atoms. The number of rotatable bonds is 19. The van der Waals surface area contributed by atoms with Crippen molar-refractivity contribution in [2.75, 3.05) is 64.9 Å². The maximum atomic E-state index is 13.7. The van der Waals surface area contributed by atoms with Gasteiger partial charge in [0, 0.05) is 51.4 Å². The van der Waals surface area contributed by atoms with E-state index in [0.29, 0.717) is 23.7 Å². The van der Waals surface area contributed by atoms with Gasteiger partial charge in [-0.2, -0.15) is 0 Å². The molecule has 0 radical (unpaired) electrons. The molecule has 0 aliphatic carbocycles. The summed E-state index contributed by atoms with van der Waals surface area (Å²) in [5.74, 6) is -2.11. The summed E-state index contributed by atoms with van der Waals surface area (Å²) in [4.78, 5) is 63.6. The van der Waals surface area contributed by atoms with Gasteiger partial charge in [0.25, 0.3) is 0 Å². The third-order valence-corrected chi connectivity index (χ3v) is 8.96. The quantitative estimate of drug-likeness (QED) is 0.0742. The minimum Gasteiger partial charge on any atom is -0.466 e. The molecule has 0 aromatic heterocycles. The van der Waals surface area contributed by atoms with Gasteiger partial charge in [0.05, 0.1) is 19.6 Å². The van der Waals surface area contributed by atoms with Crippen molar-refractivity contribution < 1.29 is 56.2 Å². The Morgan fingerprint density at radius 2 is 1.57 bits per heavy atom. The van der Waals surface area contributed by atoms with E-state index in [4.69, 9.17) is 32.2 Å². The van der Waals surface area contributed by atoms with Crippen molar-refractivity contribution in [3.05, 3.63) is 36.4 Å². The number of hydrogen-bond acceptors (Lipinski definition) is 12. The summed E-state index contributed by atoms with van der Waals surface area (Å²) in [6.45, 7) is 8.02. The monoisotopic (exact) mass is 641 g/mol. The van der Waals surface area contributed by atoms with Gasteiger partial charge < -0.3 is 42.4 Å². The fraction of sp³-hybridized carbons (Fsp3) is 0.536. The lowest BCUT2D eigenvalue weighted by Crippen LogP contribution is -2.50. The molecule has 1 aromatic carbocycles. The van der Waals surface area contributed by atoms with Crippen LogP contribution in [0, 0.1) is 6.92 Å². The van der Waals surface area contributed by atoms with Crippen LogP contribution < -0.4 is 10.6 Å². The molecular formula is C28H43N3O12Si. The Bertz CT molecular complexity index is 1120. The average Bonchev–Trinajstić information content (AvgIpc) is 3.00. The molecule has 0 aliphatic rings. The number of benzene rings is 1. The van der Waals surface area contributed by atoms with Crippen LogP contribution in [-0.4, -0.2) is 104 Å². The Balaban J connectivity index is 3.20. The number of urea groups is 1. The lowest BCUT2D eigenvalue weighted by Gasteiger charge is -2.31. The Kier molecular flexibility index (Phi) is 17.3. The van der Waals surface area contributed by atoms with Crippen molar-refractivity contribution >= 4 is 50.2 Å². The van der Waals surface area contributed by atoms with Gasteiger partial charge in [-0.1, -0.05) is 12.6 Å². The first-order chi connectivity index (χ1) is 21.0. The third-order valence-electron chi connectivity index (χ3n) is 6.13. The zero-order valence-electron chi connectivity index (χ0n) is 26.1. The summed E-state index contributed by atoms with van der Waals surface area (Å²) in [5, 5.41) is 5.28. The number of nitrogens with one attached hydrogen (secondary N) is 2. The number of nitrogens with zero attached hydrogens (tertiary/aromatic N) is 1. The normalized spacial score (nSPS) is 11.5. The second-order valence-corrected chi connectivity index (χ2v) is 12.1. The summed E-state index contributed by atoms with van der Waals surface area (Å²) < 4.78 is 36.4. The molecule has 44 heavy (non-hydrogen) atoms. The molecule has 1 atom stereocenters. The highest BCUT2D eigenvalue weighted by atomic mass is 28.4. The summed E-state index contributed by atoms with van der Waals surface area (Å²) in [5.41, 5.74) is 1.23. The predicted octanol–water partition coefficient (Wildman–Crippen LogP) is 3.26. The van der Waals surface area contributed by atoms with Gasteiger partial charge >= 0.3 is 38.8 Å². The number of carbonyl (C=O) groups is 5. The molecule has 15 nitrogen and oxygen atoms in total. The van der Waals surface area contributed by atoms with Gasteiger partial charge in [0.2, 0.25) is 0 Å². The Labute approximate surface area is 258 Å². The van der Waals surface area contributed by atoms with Crippen LogP contribution in [-0.2, 0) is 46.6 Å². The number of aryl methyl sites for hydroxylation is 1. The van der Waals surface area contributed by atoms with E-state index < -0.39 is 51.3 Å². The lowest BCUT2D eigenvalue weighted by atomic mass is 10.1.